The molecule has 2 N–H and O–H groups in total. The summed E-state index contributed by atoms with van der Waals surface area (Å²) < 4.78 is 263. The van der Waals surface area contributed by atoms with Gasteiger partial charge in [0.2, 0.25) is 0 Å². The molecule has 0 aromatic rings. The molecular formula is C18H18F18N2O6S. The first kappa shape index (κ1) is 42.6. The van der Waals surface area contributed by atoms with E-state index in [0.29, 0.717) is 0 Å². The second-order valence-corrected chi connectivity index (χ2v) is 10.5. The van der Waals surface area contributed by atoms with E-state index in [-0.39, 0.29) is 0 Å². The smallest absolute Gasteiger partial charge is 0.460 e. The number of carbonyl (C=O) groups is 2. The largest absolute Gasteiger partial charge is 0.481 e. The molecule has 0 aliphatic heterocycles. The molecule has 0 fully saturated rings. The molecule has 0 saturated carbocycles. The fourth-order valence-corrected chi connectivity index (χ4v) is 4.31. The van der Waals surface area contributed by atoms with E-state index in [9.17, 15) is 97.1 Å². The van der Waals surface area contributed by atoms with Gasteiger partial charge < -0.3 is 10.2 Å². The maximum absolute atomic E-state index is 14.4. The average Bonchev–Trinajstić information content (AvgIpc) is 2.85. The van der Waals surface area contributed by atoms with Gasteiger partial charge in [0.25, 0.3) is 0 Å². The van der Waals surface area contributed by atoms with E-state index < -0.39 is 130 Å². The molecule has 8 nitrogen and oxygen atoms in total. The monoisotopic (exact) mass is 732 g/mol. The number of rotatable bonds is 19. The van der Waals surface area contributed by atoms with Crippen LogP contribution < -0.4 is 0 Å². The first-order valence-corrected chi connectivity index (χ1v) is 12.6. The number of carboxylic acid groups (broad SMARTS) is 2. The molecule has 0 spiro atoms. The van der Waals surface area contributed by atoms with Gasteiger partial charge in [0.05, 0.1) is 4.53 Å². The summed E-state index contributed by atoms with van der Waals surface area (Å²) in [5, 5.41) is 17.0. The SMILES string of the molecule is O=C(O)CCCCN(CCCCC(=O)O)S(=O)(=O)N(F)C(F)(F)C(F)(F)C(F)(F)C(F)(F)C(F)(F)C(F)(F)C(F)(F)C(F)(F)F. The van der Waals surface area contributed by atoms with E-state index in [1.165, 1.54) is 0 Å². The molecule has 45 heavy (non-hydrogen) atoms. The van der Waals surface area contributed by atoms with Gasteiger partial charge >= 0.3 is 69.9 Å². The maximum Gasteiger partial charge on any atom is 0.460 e. The highest BCUT2D eigenvalue weighted by atomic mass is 32.2. The van der Waals surface area contributed by atoms with Gasteiger partial charge in [0, 0.05) is 25.9 Å². The number of nitrogens with zero attached hydrogens (tertiary/aromatic N) is 2. The van der Waals surface area contributed by atoms with E-state index in [1.54, 1.807) is 0 Å². The Morgan fingerprint density at radius 1 is 0.511 bits per heavy atom. The fraction of sp³-hybridized carbons (Fsp3) is 0.889. The number of unbranched alkanes of at least 4 members (excludes halogenated alkanes) is 2. The molecular weight excluding hydrogens is 714 g/mol. The minimum absolute atomic E-state index is 0.606. The molecule has 27 heteroatoms. The van der Waals surface area contributed by atoms with E-state index in [0.717, 1.165) is 0 Å². The van der Waals surface area contributed by atoms with Gasteiger partial charge in [-0.3, -0.25) is 9.59 Å². The Balaban J connectivity index is 6.80. The van der Waals surface area contributed by atoms with Crippen molar-refractivity contribution < 1.29 is 107 Å². The highest BCUT2D eigenvalue weighted by Gasteiger charge is 2.96. The maximum atomic E-state index is 14.4. The second-order valence-electron chi connectivity index (χ2n) is 8.81. The Labute approximate surface area is 238 Å². The zero-order valence-electron chi connectivity index (χ0n) is 21.3. The van der Waals surface area contributed by atoms with Crippen molar-refractivity contribution in [2.45, 2.75) is 86.3 Å². The summed E-state index contributed by atoms with van der Waals surface area (Å²) in [7, 11) is -7.06. The summed E-state index contributed by atoms with van der Waals surface area (Å²) in [5.74, 6) is -56.1. The van der Waals surface area contributed by atoms with Crippen molar-refractivity contribution in [1.29, 1.82) is 0 Å². The number of halogens is 18. The van der Waals surface area contributed by atoms with Gasteiger partial charge in [-0.05, 0) is 25.7 Å². The van der Waals surface area contributed by atoms with Crippen molar-refractivity contribution >= 4 is 22.1 Å². The lowest BCUT2D eigenvalue weighted by atomic mass is 9.90. The fourth-order valence-electron chi connectivity index (χ4n) is 2.98. The molecule has 0 amide bonds. The first-order valence-electron chi connectivity index (χ1n) is 11.2. The number of alkyl halides is 17. The van der Waals surface area contributed by atoms with Crippen LogP contribution in [0.3, 0.4) is 0 Å². The third kappa shape index (κ3) is 7.59. The van der Waals surface area contributed by atoms with Crippen LogP contribution in [-0.2, 0) is 19.8 Å². The van der Waals surface area contributed by atoms with Gasteiger partial charge in [-0.1, -0.05) is 0 Å². The van der Waals surface area contributed by atoms with Gasteiger partial charge in [-0.15, -0.1) is 4.48 Å². The van der Waals surface area contributed by atoms with Crippen molar-refractivity contribution in [1.82, 2.24) is 8.83 Å². The van der Waals surface area contributed by atoms with E-state index in [2.05, 4.69) is 0 Å². The molecule has 0 aromatic carbocycles. The molecule has 0 unspecified atom stereocenters. The summed E-state index contributed by atoms with van der Waals surface area (Å²) in [5.41, 5.74) is 0. The molecule has 0 radical (unpaired) electrons. The Hall–Kier alpha value is -2.45. The van der Waals surface area contributed by atoms with Crippen LogP contribution in [0.4, 0.5) is 79.1 Å². The number of carboxylic acids is 2. The lowest BCUT2D eigenvalue weighted by Gasteiger charge is -2.43. The zero-order chi connectivity index (χ0) is 36.5. The zero-order valence-corrected chi connectivity index (χ0v) is 22.1. The van der Waals surface area contributed by atoms with E-state index in [4.69, 9.17) is 10.2 Å². The Kier molecular flexibility index (Phi) is 12.6. The van der Waals surface area contributed by atoms with Crippen molar-refractivity contribution in [3.8, 4) is 0 Å². The predicted molar refractivity (Wildman–Crippen MR) is 107 cm³/mol. The topological polar surface area (TPSA) is 115 Å². The van der Waals surface area contributed by atoms with Gasteiger partial charge in [0.15, 0.2) is 0 Å². The van der Waals surface area contributed by atoms with Crippen LogP contribution in [0.2, 0.25) is 0 Å². The minimum Gasteiger partial charge on any atom is -0.481 e. The number of aliphatic carboxylic acids is 2. The third-order valence-electron chi connectivity index (χ3n) is 5.55. The lowest BCUT2D eigenvalue weighted by molar-refractivity contribution is -0.469. The Morgan fingerprint density at radius 2 is 0.800 bits per heavy atom. The van der Waals surface area contributed by atoms with Gasteiger partial charge in [0.1, 0.15) is 0 Å². The van der Waals surface area contributed by atoms with Crippen LogP contribution in [0.5, 0.6) is 0 Å². The molecule has 0 rings (SSSR count). The molecule has 0 saturated heterocycles. The minimum atomic E-state index is -9.07. The predicted octanol–water partition coefficient (Wildman–Crippen LogP) is 6.20. The summed E-state index contributed by atoms with van der Waals surface area (Å²) in [6.07, 6.45) is -12.5. The molecule has 0 aliphatic rings. The summed E-state index contributed by atoms with van der Waals surface area (Å²) in [6.45, 7) is -2.76. The van der Waals surface area contributed by atoms with Crippen LogP contribution >= 0.6 is 0 Å². The van der Waals surface area contributed by atoms with Crippen LogP contribution in [0.1, 0.15) is 38.5 Å². The number of hydrogen-bond acceptors (Lipinski definition) is 4. The average molecular weight is 732 g/mol. The van der Waals surface area contributed by atoms with Crippen LogP contribution in [0.15, 0.2) is 0 Å². The second kappa shape index (κ2) is 13.3. The van der Waals surface area contributed by atoms with Crippen molar-refractivity contribution in [2.75, 3.05) is 13.1 Å². The normalized spacial score (nSPS) is 15.2. The highest BCUT2D eigenvalue weighted by molar-refractivity contribution is 7.86. The van der Waals surface area contributed by atoms with Gasteiger partial charge in [-0.2, -0.15) is 87.4 Å². The highest BCUT2D eigenvalue weighted by Crippen LogP contribution is 2.64. The van der Waals surface area contributed by atoms with Gasteiger partial charge in [-0.25, -0.2) is 0 Å². The quantitative estimate of drug-likeness (QED) is 0.0709. The molecule has 0 bridgehead atoms. The molecule has 0 aromatic heterocycles. The summed E-state index contributed by atoms with van der Waals surface area (Å²) >= 11 is 0. The molecule has 268 valence electrons. The number of hydrogen-bond donors (Lipinski definition) is 2. The summed E-state index contributed by atoms with van der Waals surface area (Å²) in [6, 6.07) is -8.06. The van der Waals surface area contributed by atoms with Crippen LogP contribution in [0, 0.1) is 0 Å². The van der Waals surface area contributed by atoms with Crippen LogP contribution in [0.25, 0.3) is 0 Å². The standard InChI is InChI=1S/C18H18F18N2O6S/c19-11(20,13(23,24)15(27,28)17(31,32)33)12(21,22)14(25,26)16(29,30)18(34,35)38(36)45(43,44)37(7-3-1-5-9(39)40)8-4-2-6-10(41)42/h1-8H2,(H,39,40)(H,41,42). The van der Waals surface area contributed by atoms with Crippen molar-refractivity contribution in [3.05, 3.63) is 0 Å². The molecule has 0 atom stereocenters. The van der Waals surface area contributed by atoms with Crippen molar-refractivity contribution in [2.24, 2.45) is 0 Å². The lowest BCUT2D eigenvalue weighted by Crippen LogP contribution is -2.75. The first-order chi connectivity index (χ1) is 19.6. The summed E-state index contributed by atoms with van der Waals surface area (Å²) in [4.78, 5) is 21.0. The molecule has 0 aliphatic carbocycles. The third-order valence-corrected chi connectivity index (χ3v) is 7.20. The van der Waals surface area contributed by atoms with E-state index in [1.807, 2.05) is 0 Å². The Bertz CT molecular complexity index is 1140. The van der Waals surface area contributed by atoms with Crippen LogP contribution in [-0.4, -0.2) is 100 Å². The van der Waals surface area contributed by atoms with Crippen molar-refractivity contribution in [3.63, 3.8) is 0 Å². The molecule has 0 heterocycles. The van der Waals surface area contributed by atoms with E-state index >= 15 is 0 Å². The Morgan fingerprint density at radius 3 is 1.09 bits per heavy atom.